The van der Waals surface area contributed by atoms with Crippen LogP contribution in [0.1, 0.15) is 23.4 Å². The number of ether oxygens (including phenoxy) is 1. The van der Waals surface area contributed by atoms with E-state index in [4.69, 9.17) is 4.74 Å². The van der Waals surface area contributed by atoms with E-state index in [1.807, 2.05) is 6.07 Å². The minimum atomic E-state index is 0.0643. The van der Waals surface area contributed by atoms with E-state index in [1.165, 1.54) is 21.6 Å². The third-order valence-electron chi connectivity index (χ3n) is 6.52. The second kappa shape index (κ2) is 10.8. The summed E-state index contributed by atoms with van der Waals surface area (Å²) in [5.74, 6) is 1.54. The molecule has 188 valence electrons. The number of hydrogen-bond donors (Lipinski definition) is 2. The van der Waals surface area contributed by atoms with E-state index >= 15 is 0 Å². The zero-order chi connectivity index (χ0) is 25.1. The van der Waals surface area contributed by atoms with Crippen molar-refractivity contribution < 1.29 is 4.74 Å². The van der Waals surface area contributed by atoms with Crippen LogP contribution >= 0.6 is 11.3 Å². The van der Waals surface area contributed by atoms with Crippen LogP contribution in [0.15, 0.2) is 47.8 Å². The number of fused-ring (bicyclic) bond motifs is 1. The number of piperazine rings is 1. The highest BCUT2D eigenvalue weighted by molar-refractivity contribution is 7.10. The SMILES string of the molecule is COc1cc2nnnc(N[C@H](C)c3cc(-c4ccccc4CN(C)C)cs3)c2cc1N1CCNCC1. The van der Waals surface area contributed by atoms with Crippen LogP contribution in [0.3, 0.4) is 0 Å². The fraction of sp³-hybridized carbons (Fsp3) is 0.370. The Kier molecular flexibility index (Phi) is 7.31. The predicted molar refractivity (Wildman–Crippen MR) is 148 cm³/mol. The molecule has 4 aromatic rings. The van der Waals surface area contributed by atoms with Gasteiger partial charge in [0.25, 0.3) is 0 Å². The summed E-state index contributed by atoms with van der Waals surface area (Å²) in [6, 6.07) is 15.1. The molecule has 1 saturated heterocycles. The van der Waals surface area contributed by atoms with Gasteiger partial charge in [-0.05, 0) is 60.4 Å². The number of hydrogen-bond acceptors (Lipinski definition) is 9. The summed E-state index contributed by atoms with van der Waals surface area (Å²) < 4.78 is 5.70. The van der Waals surface area contributed by atoms with E-state index in [1.54, 1.807) is 18.4 Å². The number of anilines is 2. The second-order valence-electron chi connectivity index (χ2n) is 9.42. The molecule has 1 fully saturated rings. The highest BCUT2D eigenvalue weighted by Gasteiger charge is 2.19. The average molecular weight is 504 g/mol. The molecule has 9 heteroatoms. The fourth-order valence-corrected chi connectivity index (χ4v) is 5.62. The first-order valence-corrected chi connectivity index (χ1v) is 13.2. The molecule has 3 heterocycles. The smallest absolute Gasteiger partial charge is 0.160 e. The Balaban J connectivity index is 1.43. The van der Waals surface area contributed by atoms with Gasteiger partial charge in [0, 0.05) is 49.1 Å². The maximum Gasteiger partial charge on any atom is 0.160 e. The largest absolute Gasteiger partial charge is 0.495 e. The molecule has 5 rings (SSSR count). The molecule has 8 nitrogen and oxygen atoms in total. The molecular formula is C27H33N7OS. The summed E-state index contributed by atoms with van der Waals surface area (Å²) >= 11 is 1.76. The molecule has 0 spiro atoms. The zero-order valence-corrected chi connectivity index (χ0v) is 22.1. The summed E-state index contributed by atoms with van der Waals surface area (Å²) in [5, 5.41) is 22.9. The van der Waals surface area contributed by atoms with Crippen molar-refractivity contribution >= 4 is 33.7 Å². The highest BCUT2D eigenvalue weighted by Crippen LogP contribution is 2.37. The number of nitrogens with one attached hydrogen (secondary N) is 2. The van der Waals surface area contributed by atoms with Gasteiger partial charge in [-0.2, -0.15) is 0 Å². The first kappa shape index (κ1) is 24.4. The Hall–Kier alpha value is -3.27. The molecule has 0 aliphatic carbocycles. The van der Waals surface area contributed by atoms with E-state index in [-0.39, 0.29) is 6.04 Å². The summed E-state index contributed by atoms with van der Waals surface area (Å²) in [7, 11) is 5.91. The fourth-order valence-electron chi connectivity index (χ4n) is 4.70. The topological polar surface area (TPSA) is 78.4 Å². The van der Waals surface area contributed by atoms with Gasteiger partial charge < -0.3 is 25.2 Å². The molecule has 0 amide bonds. The van der Waals surface area contributed by atoms with Gasteiger partial charge in [0.05, 0.1) is 18.8 Å². The van der Waals surface area contributed by atoms with Crippen LogP contribution in [-0.4, -0.2) is 67.7 Å². The predicted octanol–water partition coefficient (Wildman–Crippen LogP) is 4.41. The summed E-state index contributed by atoms with van der Waals surface area (Å²) in [6.07, 6.45) is 0. The Morgan fingerprint density at radius 1 is 1.14 bits per heavy atom. The van der Waals surface area contributed by atoms with Gasteiger partial charge in [0.2, 0.25) is 0 Å². The third-order valence-corrected chi connectivity index (χ3v) is 7.64. The van der Waals surface area contributed by atoms with Crippen LogP contribution in [0.25, 0.3) is 22.0 Å². The standard InChI is InChI=1S/C27H33N7OS/c1-18(26-13-20(17-36-26)21-8-6-5-7-19(21)16-33(2)3)29-27-22-14-24(34-11-9-28-10-12-34)25(35-4)15-23(22)30-32-31-27/h5-8,13-15,17-18,28H,9-12,16H2,1-4H3,(H,29,30,31)/t18-/m1/s1. The number of nitrogens with zero attached hydrogens (tertiary/aromatic N) is 5. The van der Waals surface area contributed by atoms with Crippen molar-refractivity contribution in [2.75, 3.05) is 57.6 Å². The molecule has 2 aromatic carbocycles. The quantitative estimate of drug-likeness (QED) is 0.366. The molecule has 0 radical (unpaired) electrons. The van der Waals surface area contributed by atoms with Crippen molar-refractivity contribution in [3.05, 3.63) is 58.3 Å². The van der Waals surface area contributed by atoms with Gasteiger partial charge in [-0.3, -0.25) is 0 Å². The van der Waals surface area contributed by atoms with Crippen molar-refractivity contribution in [1.29, 1.82) is 0 Å². The lowest BCUT2D eigenvalue weighted by molar-refractivity contribution is 0.403. The van der Waals surface area contributed by atoms with Gasteiger partial charge in [-0.1, -0.05) is 24.3 Å². The van der Waals surface area contributed by atoms with Gasteiger partial charge >= 0.3 is 0 Å². The van der Waals surface area contributed by atoms with Crippen molar-refractivity contribution in [3.63, 3.8) is 0 Å². The molecule has 1 atom stereocenters. The maximum atomic E-state index is 5.70. The van der Waals surface area contributed by atoms with Gasteiger partial charge in [-0.15, -0.1) is 21.5 Å². The normalized spacial score (nSPS) is 14.9. The van der Waals surface area contributed by atoms with E-state index < -0.39 is 0 Å². The van der Waals surface area contributed by atoms with Crippen LogP contribution in [0.2, 0.25) is 0 Å². The molecule has 0 bridgehead atoms. The van der Waals surface area contributed by atoms with Crippen molar-refractivity contribution in [1.82, 2.24) is 25.6 Å². The van der Waals surface area contributed by atoms with Crippen molar-refractivity contribution in [3.8, 4) is 16.9 Å². The molecule has 1 aliphatic heterocycles. The van der Waals surface area contributed by atoms with Crippen molar-refractivity contribution in [2.24, 2.45) is 0 Å². The maximum absolute atomic E-state index is 5.70. The highest BCUT2D eigenvalue weighted by atomic mass is 32.1. The first-order chi connectivity index (χ1) is 17.5. The Morgan fingerprint density at radius 3 is 2.72 bits per heavy atom. The monoisotopic (exact) mass is 503 g/mol. The van der Waals surface area contributed by atoms with Gasteiger partial charge in [-0.25, -0.2) is 0 Å². The van der Waals surface area contributed by atoms with Crippen LogP contribution in [0, 0.1) is 0 Å². The van der Waals surface area contributed by atoms with Crippen molar-refractivity contribution in [2.45, 2.75) is 19.5 Å². The third kappa shape index (κ3) is 5.13. The van der Waals surface area contributed by atoms with E-state index in [2.05, 4.69) is 98.6 Å². The molecule has 0 unspecified atom stereocenters. The molecular weight excluding hydrogens is 470 g/mol. The lowest BCUT2D eigenvalue weighted by Crippen LogP contribution is -2.43. The van der Waals surface area contributed by atoms with E-state index in [9.17, 15) is 0 Å². The molecule has 2 aromatic heterocycles. The second-order valence-corrected chi connectivity index (χ2v) is 10.4. The molecule has 36 heavy (non-hydrogen) atoms. The van der Waals surface area contributed by atoms with Crippen LogP contribution in [-0.2, 0) is 6.54 Å². The lowest BCUT2D eigenvalue weighted by Gasteiger charge is -2.30. The van der Waals surface area contributed by atoms with Crippen LogP contribution < -0.4 is 20.3 Å². The number of thiophene rings is 1. The summed E-state index contributed by atoms with van der Waals surface area (Å²) in [4.78, 5) is 5.79. The van der Waals surface area contributed by atoms with Crippen LogP contribution in [0.5, 0.6) is 5.75 Å². The Bertz CT molecular complexity index is 1330. The average Bonchev–Trinajstić information content (AvgIpc) is 3.39. The lowest BCUT2D eigenvalue weighted by atomic mass is 10.0. The van der Waals surface area contributed by atoms with E-state index in [0.717, 1.165) is 60.9 Å². The Labute approximate surface area is 216 Å². The molecule has 1 aliphatic rings. The molecule has 2 N–H and O–H groups in total. The first-order valence-electron chi connectivity index (χ1n) is 12.3. The number of benzene rings is 2. The van der Waals surface area contributed by atoms with Crippen LogP contribution in [0.4, 0.5) is 11.5 Å². The molecule has 0 saturated carbocycles. The van der Waals surface area contributed by atoms with E-state index in [0.29, 0.717) is 0 Å². The summed E-state index contributed by atoms with van der Waals surface area (Å²) in [6.45, 7) is 6.84. The number of rotatable bonds is 8. The Morgan fingerprint density at radius 2 is 1.94 bits per heavy atom. The number of methoxy groups -OCH3 is 1. The number of aromatic nitrogens is 3. The minimum Gasteiger partial charge on any atom is -0.495 e. The van der Waals surface area contributed by atoms with Gasteiger partial charge in [0.15, 0.2) is 5.82 Å². The minimum absolute atomic E-state index is 0.0643. The summed E-state index contributed by atoms with van der Waals surface area (Å²) in [5.41, 5.74) is 5.68. The zero-order valence-electron chi connectivity index (χ0n) is 21.3. The van der Waals surface area contributed by atoms with Gasteiger partial charge in [0.1, 0.15) is 11.3 Å².